The third-order valence-corrected chi connectivity index (χ3v) is 5.48. The molecule has 0 saturated carbocycles. The molecule has 2 saturated heterocycles. The number of hydrogen-bond acceptors (Lipinski definition) is 6. The molecule has 134 valence electrons. The summed E-state index contributed by atoms with van der Waals surface area (Å²) < 4.78 is 10.8. The smallest absolute Gasteiger partial charge is 0.231 e. The normalized spacial score (nSPS) is 24.1. The van der Waals surface area contributed by atoms with Gasteiger partial charge in [-0.15, -0.1) is 0 Å². The molecule has 1 aromatic heterocycles. The van der Waals surface area contributed by atoms with E-state index < -0.39 is 0 Å². The summed E-state index contributed by atoms with van der Waals surface area (Å²) >= 11 is 0. The van der Waals surface area contributed by atoms with Crippen LogP contribution in [0.25, 0.3) is 0 Å². The van der Waals surface area contributed by atoms with Crippen LogP contribution >= 0.6 is 0 Å². The van der Waals surface area contributed by atoms with E-state index in [4.69, 9.17) is 9.47 Å². The van der Waals surface area contributed by atoms with Gasteiger partial charge in [-0.2, -0.15) is 0 Å². The molecule has 5 rings (SSSR count). The van der Waals surface area contributed by atoms with Crippen molar-refractivity contribution in [2.45, 2.75) is 19.8 Å². The van der Waals surface area contributed by atoms with E-state index in [1.54, 1.807) is 0 Å². The second kappa shape index (κ2) is 5.59. The van der Waals surface area contributed by atoms with Gasteiger partial charge < -0.3 is 19.3 Å². The summed E-state index contributed by atoms with van der Waals surface area (Å²) in [5.74, 6) is 2.35. The van der Waals surface area contributed by atoms with Gasteiger partial charge >= 0.3 is 0 Å². The number of amides is 1. The zero-order valence-electron chi connectivity index (χ0n) is 14.6. The van der Waals surface area contributed by atoms with Gasteiger partial charge in [-0.25, -0.2) is 9.97 Å². The lowest BCUT2D eigenvalue weighted by molar-refractivity contribution is -0.117. The zero-order valence-corrected chi connectivity index (χ0v) is 14.6. The van der Waals surface area contributed by atoms with E-state index in [0.717, 1.165) is 42.5 Å². The molecule has 7 nitrogen and oxygen atoms in total. The lowest BCUT2D eigenvalue weighted by Crippen LogP contribution is -2.31. The fourth-order valence-corrected chi connectivity index (χ4v) is 4.11. The summed E-state index contributed by atoms with van der Waals surface area (Å²) in [6.45, 7) is 4.62. The van der Waals surface area contributed by atoms with Gasteiger partial charge in [-0.1, -0.05) is 0 Å². The summed E-state index contributed by atoms with van der Waals surface area (Å²) in [5.41, 5.74) is 1.88. The Kier molecular flexibility index (Phi) is 3.32. The molecular weight excluding hydrogens is 332 g/mol. The Bertz CT molecular complexity index is 870. The molecule has 1 amide bonds. The van der Waals surface area contributed by atoms with Crippen molar-refractivity contribution in [2.75, 3.05) is 36.2 Å². The number of nitrogens with zero attached hydrogens (tertiary/aromatic N) is 4. The van der Waals surface area contributed by atoms with Gasteiger partial charge in [0.1, 0.15) is 0 Å². The second-order valence-corrected chi connectivity index (χ2v) is 7.43. The van der Waals surface area contributed by atoms with Gasteiger partial charge in [-0.05, 0) is 31.0 Å². The predicted molar refractivity (Wildman–Crippen MR) is 95.6 cm³/mol. The van der Waals surface area contributed by atoms with Gasteiger partial charge in [0.2, 0.25) is 18.6 Å². The van der Waals surface area contributed by atoms with Crippen LogP contribution in [0.4, 0.5) is 11.6 Å². The molecular formula is C19H20N4O3. The number of carbonyl (C=O) groups is 1. The van der Waals surface area contributed by atoms with E-state index in [9.17, 15) is 4.79 Å². The predicted octanol–water partition coefficient (Wildman–Crippen LogP) is 2.15. The minimum Gasteiger partial charge on any atom is -0.454 e. The third-order valence-electron chi connectivity index (χ3n) is 5.48. The minimum atomic E-state index is -0.0400. The van der Waals surface area contributed by atoms with E-state index in [0.29, 0.717) is 18.7 Å². The Morgan fingerprint density at radius 3 is 2.77 bits per heavy atom. The minimum absolute atomic E-state index is 0.0400. The molecule has 0 bridgehead atoms. The molecule has 0 radical (unpaired) electrons. The Morgan fingerprint density at radius 2 is 1.92 bits per heavy atom. The number of hydrogen-bond donors (Lipinski definition) is 0. The van der Waals surface area contributed by atoms with Gasteiger partial charge in [0.05, 0.1) is 0 Å². The van der Waals surface area contributed by atoms with Crippen molar-refractivity contribution in [3.05, 3.63) is 36.2 Å². The summed E-state index contributed by atoms with van der Waals surface area (Å²) in [7, 11) is 0. The number of ether oxygens (including phenoxy) is 2. The van der Waals surface area contributed by atoms with Crippen LogP contribution in [0.15, 0.2) is 30.6 Å². The number of benzene rings is 1. The third kappa shape index (κ3) is 2.46. The van der Waals surface area contributed by atoms with Gasteiger partial charge in [-0.3, -0.25) is 4.79 Å². The second-order valence-electron chi connectivity index (χ2n) is 7.43. The zero-order chi connectivity index (χ0) is 17.7. The van der Waals surface area contributed by atoms with E-state index in [1.807, 2.05) is 42.4 Å². The van der Waals surface area contributed by atoms with Crippen molar-refractivity contribution in [3.8, 4) is 11.5 Å². The van der Waals surface area contributed by atoms with Crippen molar-refractivity contribution in [2.24, 2.45) is 5.41 Å². The maximum absolute atomic E-state index is 12.7. The van der Waals surface area contributed by atoms with Crippen LogP contribution in [0.3, 0.4) is 0 Å². The molecule has 0 aliphatic carbocycles. The average molecular weight is 352 g/mol. The van der Waals surface area contributed by atoms with Crippen LogP contribution in [0.1, 0.15) is 18.4 Å². The van der Waals surface area contributed by atoms with Crippen LogP contribution in [0, 0.1) is 12.3 Å². The number of aryl methyl sites for hydroxylation is 1. The average Bonchev–Trinajstić information content (AvgIpc) is 3.34. The molecule has 0 N–H and O–H groups in total. The lowest BCUT2D eigenvalue weighted by atomic mass is 9.86. The van der Waals surface area contributed by atoms with Crippen molar-refractivity contribution in [3.63, 3.8) is 0 Å². The van der Waals surface area contributed by atoms with Gasteiger partial charge in [0, 0.05) is 55.6 Å². The number of fused-ring (bicyclic) bond motifs is 1. The number of carbonyl (C=O) groups excluding carboxylic acids is 1. The van der Waals surface area contributed by atoms with Crippen molar-refractivity contribution < 1.29 is 14.3 Å². The van der Waals surface area contributed by atoms with E-state index in [1.165, 1.54) is 0 Å². The summed E-state index contributed by atoms with van der Waals surface area (Å²) in [4.78, 5) is 25.7. The van der Waals surface area contributed by atoms with Gasteiger partial charge in [0.25, 0.3) is 0 Å². The Balaban J connectivity index is 1.36. The van der Waals surface area contributed by atoms with E-state index in [2.05, 4.69) is 14.9 Å². The van der Waals surface area contributed by atoms with Crippen LogP contribution in [0.2, 0.25) is 0 Å². The highest BCUT2D eigenvalue weighted by Crippen LogP contribution is 2.44. The SMILES string of the molecule is Cc1cnc(N2CCC3(CC(=O)N(c4ccc5c(c4)OCO5)C3)C2)nc1. The topological polar surface area (TPSA) is 67.8 Å². The maximum atomic E-state index is 12.7. The molecule has 3 aliphatic heterocycles. The number of rotatable bonds is 2. The molecule has 2 aromatic rings. The Labute approximate surface area is 151 Å². The number of anilines is 2. The molecule has 1 atom stereocenters. The van der Waals surface area contributed by atoms with Crippen molar-refractivity contribution in [1.82, 2.24) is 9.97 Å². The molecule has 1 aromatic carbocycles. The Hall–Kier alpha value is -2.83. The molecule has 2 fully saturated rings. The van der Waals surface area contributed by atoms with Gasteiger partial charge in [0.15, 0.2) is 11.5 Å². The maximum Gasteiger partial charge on any atom is 0.231 e. The van der Waals surface area contributed by atoms with Crippen molar-refractivity contribution in [1.29, 1.82) is 0 Å². The first-order chi connectivity index (χ1) is 12.6. The highest BCUT2D eigenvalue weighted by atomic mass is 16.7. The largest absolute Gasteiger partial charge is 0.454 e. The molecule has 3 aliphatic rings. The first-order valence-corrected chi connectivity index (χ1v) is 8.86. The van der Waals surface area contributed by atoms with Crippen LogP contribution in [0.5, 0.6) is 11.5 Å². The quantitative estimate of drug-likeness (QED) is 0.825. The van der Waals surface area contributed by atoms with E-state index in [-0.39, 0.29) is 18.1 Å². The molecule has 1 unspecified atom stereocenters. The standard InChI is InChI=1S/C19H20N4O3/c1-13-8-20-18(21-9-13)22-5-4-19(10-22)7-17(24)23(11-19)14-2-3-15-16(6-14)26-12-25-15/h2-3,6,8-9H,4-5,7,10-12H2,1H3. The molecule has 7 heteroatoms. The molecule has 26 heavy (non-hydrogen) atoms. The Morgan fingerprint density at radius 1 is 1.12 bits per heavy atom. The number of aromatic nitrogens is 2. The summed E-state index contributed by atoms with van der Waals surface area (Å²) in [6.07, 6.45) is 5.21. The van der Waals surface area contributed by atoms with Crippen LogP contribution < -0.4 is 19.3 Å². The first-order valence-electron chi connectivity index (χ1n) is 8.86. The fraction of sp³-hybridized carbons (Fsp3) is 0.421. The van der Waals surface area contributed by atoms with E-state index >= 15 is 0 Å². The van der Waals surface area contributed by atoms with Crippen LogP contribution in [-0.2, 0) is 4.79 Å². The monoisotopic (exact) mass is 352 g/mol. The van der Waals surface area contributed by atoms with Crippen molar-refractivity contribution >= 4 is 17.5 Å². The highest BCUT2D eigenvalue weighted by molar-refractivity contribution is 5.97. The summed E-state index contributed by atoms with van der Waals surface area (Å²) in [6, 6.07) is 5.70. The first kappa shape index (κ1) is 15.4. The fourth-order valence-electron chi connectivity index (χ4n) is 4.11. The molecule has 4 heterocycles. The lowest BCUT2D eigenvalue weighted by Gasteiger charge is -2.24. The molecule has 1 spiro atoms. The van der Waals surface area contributed by atoms with Crippen LogP contribution in [-0.4, -0.2) is 42.3 Å². The highest BCUT2D eigenvalue weighted by Gasteiger charge is 2.48. The summed E-state index contributed by atoms with van der Waals surface area (Å²) in [5, 5.41) is 0.